The Kier molecular flexibility index (Phi) is 7.39. The molecule has 0 saturated carbocycles. The first-order valence-corrected chi connectivity index (χ1v) is 8.63. The van der Waals surface area contributed by atoms with Crippen molar-refractivity contribution >= 4 is 18.2 Å². The van der Waals surface area contributed by atoms with Crippen LogP contribution in [0.25, 0.3) is 11.3 Å². The first-order chi connectivity index (χ1) is 11.3. The van der Waals surface area contributed by atoms with Crippen LogP contribution in [0.2, 0.25) is 0 Å². The number of rotatable bonds is 10. The van der Waals surface area contributed by atoms with E-state index in [9.17, 15) is 9.59 Å². The van der Waals surface area contributed by atoms with Gasteiger partial charge in [0.05, 0.1) is 12.3 Å². The standard InChI is InChI=1S/C17H20N2O3S/c20-13-22-10-6-1-2-7-11-23-17-18-15(12-16(21)19-17)14-8-4-3-5-9-14/h3-5,8-9,12-13H,1-2,6-7,10-11H2,(H,18,19,21). The summed E-state index contributed by atoms with van der Waals surface area (Å²) in [5, 5.41) is 0.653. The van der Waals surface area contributed by atoms with Gasteiger partial charge in [0.1, 0.15) is 0 Å². The molecule has 0 radical (unpaired) electrons. The fourth-order valence-corrected chi connectivity index (χ4v) is 3.00. The Balaban J connectivity index is 1.81. The number of carbonyl (C=O) groups excluding carboxylic acids is 1. The van der Waals surface area contributed by atoms with Crippen LogP contribution in [0.5, 0.6) is 0 Å². The van der Waals surface area contributed by atoms with Crippen molar-refractivity contribution in [3.05, 3.63) is 46.8 Å². The van der Waals surface area contributed by atoms with Gasteiger partial charge in [-0.1, -0.05) is 54.9 Å². The zero-order valence-corrected chi connectivity index (χ0v) is 13.7. The summed E-state index contributed by atoms with van der Waals surface area (Å²) in [6.45, 7) is 0.974. The number of benzene rings is 1. The van der Waals surface area contributed by atoms with E-state index in [1.165, 1.54) is 6.07 Å². The molecule has 0 spiro atoms. The lowest BCUT2D eigenvalue weighted by molar-refractivity contribution is -0.128. The van der Waals surface area contributed by atoms with Gasteiger partial charge in [0.2, 0.25) is 0 Å². The minimum atomic E-state index is -0.132. The largest absolute Gasteiger partial charge is 0.468 e. The molecular formula is C17H20N2O3S. The third kappa shape index (κ3) is 6.28. The molecule has 0 atom stereocenters. The first-order valence-electron chi connectivity index (χ1n) is 7.64. The summed E-state index contributed by atoms with van der Waals surface area (Å²) in [4.78, 5) is 29.0. The number of aromatic amines is 1. The Morgan fingerprint density at radius 2 is 1.91 bits per heavy atom. The SMILES string of the molecule is O=COCCCCCCSc1nc(-c2ccccc2)cc(=O)[nH]1. The quantitative estimate of drug-likeness (QED) is 0.313. The van der Waals surface area contributed by atoms with Crippen LogP contribution < -0.4 is 5.56 Å². The van der Waals surface area contributed by atoms with Crippen LogP contribution in [0.1, 0.15) is 25.7 Å². The molecule has 1 heterocycles. The van der Waals surface area contributed by atoms with Crippen molar-refractivity contribution in [2.24, 2.45) is 0 Å². The zero-order valence-electron chi connectivity index (χ0n) is 12.9. The van der Waals surface area contributed by atoms with E-state index in [-0.39, 0.29) is 5.56 Å². The van der Waals surface area contributed by atoms with E-state index in [1.807, 2.05) is 30.3 Å². The average molecular weight is 332 g/mol. The van der Waals surface area contributed by atoms with E-state index in [0.29, 0.717) is 23.9 Å². The normalized spacial score (nSPS) is 10.4. The molecule has 0 aliphatic carbocycles. The molecule has 0 saturated heterocycles. The van der Waals surface area contributed by atoms with E-state index in [0.717, 1.165) is 37.0 Å². The van der Waals surface area contributed by atoms with Crippen molar-refractivity contribution in [1.82, 2.24) is 9.97 Å². The molecule has 0 unspecified atom stereocenters. The van der Waals surface area contributed by atoms with Crippen LogP contribution >= 0.6 is 11.8 Å². The molecule has 2 rings (SSSR count). The number of hydrogen-bond donors (Lipinski definition) is 1. The molecule has 0 aliphatic heterocycles. The molecule has 2 aromatic rings. The number of aromatic nitrogens is 2. The summed E-state index contributed by atoms with van der Waals surface area (Å²) in [7, 11) is 0. The maximum atomic E-state index is 11.8. The predicted molar refractivity (Wildman–Crippen MR) is 91.5 cm³/mol. The molecule has 122 valence electrons. The van der Waals surface area contributed by atoms with Gasteiger partial charge in [-0.15, -0.1) is 0 Å². The highest BCUT2D eigenvalue weighted by molar-refractivity contribution is 7.99. The summed E-state index contributed by atoms with van der Waals surface area (Å²) in [6.07, 6.45) is 4.02. The molecule has 6 heteroatoms. The topological polar surface area (TPSA) is 72.0 Å². The lowest BCUT2D eigenvalue weighted by Crippen LogP contribution is -2.08. The molecular weight excluding hydrogens is 312 g/mol. The Labute approximate surface area is 139 Å². The van der Waals surface area contributed by atoms with Gasteiger partial charge in [-0.3, -0.25) is 9.59 Å². The Morgan fingerprint density at radius 1 is 1.13 bits per heavy atom. The van der Waals surface area contributed by atoms with E-state index < -0.39 is 0 Å². The molecule has 1 N–H and O–H groups in total. The molecule has 23 heavy (non-hydrogen) atoms. The zero-order chi connectivity index (χ0) is 16.3. The lowest BCUT2D eigenvalue weighted by Gasteiger charge is -2.04. The van der Waals surface area contributed by atoms with E-state index >= 15 is 0 Å². The second kappa shape index (κ2) is 9.84. The molecule has 0 fully saturated rings. The lowest BCUT2D eigenvalue weighted by atomic mass is 10.1. The van der Waals surface area contributed by atoms with Gasteiger partial charge in [0, 0.05) is 17.4 Å². The van der Waals surface area contributed by atoms with Crippen LogP contribution in [0.4, 0.5) is 0 Å². The van der Waals surface area contributed by atoms with Gasteiger partial charge in [0.25, 0.3) is 12.0 Å². The summed E-state index contributed by atoms with van der Waals surface area (Å²) in [5.74, 6) is 0.899. The maximum Gasteiger partial charge on any atom is 0.293 e. The number of ether oxygens (including phenoxy) is 1. The minimum absolute atomic E-state index is 0.132. The third-order valence-electron chi connectivity index (χ3n) is 3.25. The van der Waals surface area contributed by atoms with Crippen LogP contribution in [0, 0.1) is 0 Å². The van der Waals surface area contributed by atoms with E-state index in [4.69, 9.17) is 0 Å². The number of H-pyrrole nitrogens is 1. The van der Waals surface area contributed by atoms with Gasteiger partial charge >= 0.3 is 0 Å². The number of hydrogen-bond acceptors (Lipinski definition) is 5. The average Bonchev–Trinajstić information content (AvgIpc) is 2.57. The van der Waals surface area contributed by atoms with Gasteiger partial charge in [0.15, 0.2) is 5.16 Å². The fraction of sp³-hybridized carbons (Fsp3) is 0.353. The summed E-state index contributed by atoms with van der Waals surface area (Å²) in [5.41, 5.74) is 1.51. The number of thioether (sulfide) groups is 1. The number of unbranched alkanes of at least 4 members (excludes halogenated alkanes) is 3. The van der Waals surface area contributed by atoms with Crippen molar-refractivity contribution < 1.29 is 9.53 Å². The number of nitrogens with one attached hydrogen (secondary N) is 1. The van der Waals surface area contributed by atoms with Crippen LogP contribution in [0.15, 0.2) is 46.3 Å². The van der Waals surface area contributed by atoms with Crippen molar-refractivity contribution in [2.45, 2.75) is 30.8 Å². The summed E-state index contributed by atoms with van der Waals surface area (Å²) >= 11 is 1.56. The van der Waals surface area contributed by atoms with Gasteiger partial charge in [-0.25, -0.2) is 4.98 Å². The third-order valence-corrected chi connectivity index (χ3v) is 4.21. The van der Waals surface area contributed by atoms with Gasteiger partial charge in [-0.2, -0.15) is 0 Å². The Morgan fingerprint density at radius 3 is 2.70 bits per heavy atom. The van der Waals surface area contributed by atoms with Crippen molar-refractivity contribution in [2.75, 3.05) is 12.4 Å². The predicted octanol–water partition coefficient (Wildman–Crippen LogP) is 3.26. The highest BCUT2D eigenvalue weighted by Gasteiger charge is 2.04. The Hall–Kier alpha value is -2.08. The number of carbonyl (C=O) groups is 1. The maximum absolute atomic E-state index is 11.8. The molecule has 1 aromatic heterocycles. The molecule has 5 nitrogen and oxygen atoms in total. The first kappa shape index (κ1) is 17.3. The summed E-state index contributed by atoms with van der Waals surface area (Å²) < 4.78 is 4.64. The number of nitrogens with zero attached hydrogens (tertiary/aromatic N) is 1. The molecule has 0 amide bonds. The van der Waals surface area contributed by atoms with Crippen molar-refractivity contribution in [3.63, 3.8) is 0 Å². The molecule has 0 aliphatic rings. The van der Waals surface area contributed by atoms with E-state index in [2.05, 4.69) is 14.7 Å². The van der Waals surface area contributed by atoms with Crippen LogP contribution in [0.3, 0.4) is 0 Å². The highest BCUT2D eigenvalue weighted by Crippen LogP contribution is 2.19. The van der Waals surface area contributed by atoms with Crippen LogP contribution in [-0.4, -0.2) is 28.8 Å². The Bertz CT molecular complexity index is 658. The highest BCUT2D eigenvalue weighted by atomic mass is 32.2. The second-order valence-corrected chi connectivity index (χ2v) is 6.12. The monoisotopic (exact) mass is 332 g/mol. The van der Waals surface area contributed by atoms with Gasteiger partial charge in [-0.05, 0) is 12.8 Å². The van der Waals surface area contributed by atoms with Crippen molar-refractivity contribution in [3.8, 4) is 11.3 Å². The van der Waals surface area contributed by atoms with Crippen LogP contribution in [-0.2, 0) is 9.53 Å². The van der Waals surface area contributed by atoms with Crippen molar-refractivity contribution in [1.29, 1.82) is 0 Å². The van der Waals surface area contributed by atoms with E-state index in [1.54, 1.807) is 11.8 Å². The summed E-state index contributed by atoms with van der Waals surface area (Å²) in [6, 6.07) is 11.2. The molecule has 0 bridgehead atoms. The van der Waals surface area contributed by atoms with Gasteiger partial charge < -0.3 is 9.72 Å². The minimum Gasteiger partial charge on any atom is -0.468 e. The molecule has 1 aromatic carbocycles. The fourth-order valence-electron chi connectivity index (χ4n) is 2.12. The second-order valence-electron chi connectivity index (χ2n) is 5.03. The smallest absolute Gasteiger partial charge is 0.293 e.